The van der Waals surface area contributed by atoms with Crippen LogP contribution in [0.5, 0.6) is 5.75 Å². The molecule has 3 rings (SSSR count). The first-order valence-corrected chi connectivity index (χ1v) is 8.15. The Hall–Kier alpha value is -3.32. The number of carbonyl (C=O) groups is 3. The molecule has 0 saturated heterocycles. The maximum Gasteiger partial charge on any atom is 0.490 e. The summed E-state index contributed by atoms with van der Waals surface area (Å²) in [7, 11) is 1.30. The van der Waals surface area contributed by atoms with Gasteiger partial charge in [0.1, 0.15) is 11.8 Å². The zero-order valence-corrected chi connectivity index (χ0v) is 15.5. The number of nitrogens with one attached hydrogen (secondary N) is 2. The Labute approximate surface area is 166 Å². The molecule has 1 aliphatic heterocycles. The van der Waals surface area contributed by atoms with Crippen LogP contribution in [0.25, 0.3) is 10.9 Å². The van der Waals surface area contributed by atoms with Gasteiger partial charge in [0, 0.05) is 23.1 Å². The van der Waals surface area contributed by atoms with E-state index in [9.17, 15) is 27.9 Å². The predicted octanol–water partition coefficient (Wildman–Crippen LogP) is 0.800. The van der Waals surface area contributed by atoms with Crippen molar-refractivity contribution >= 4 is 28.8 Å². The number of alkyl halides is 3. The molecule has 0 radical (unpaired) electrons. The van der Waals surface area contributed by atoms with Gasteiger partial charge < -0.3 is 30.1 Å². The number of carboxylic acid groups (broad SMARTS) is 2. The van der Waals surface area contributed by atoms with Gasteiger partial charge in [-0.2, -0.15) is 13.2 Å². The Morgan fingerprint density at radius 1 is 1.23 bits per heavy atom. The number of methoxy groups -OCH3 is 1. The number of rotatable bonds is 4. The second-order valence-corrected chi connectivity index (χ2v) is 5.87. The average molecular weight is 436 g/mol. The van der Waals surface area contributed by atoms with Crippen LogP contribution in [0.4, 0.5) is 13.2 Å². The molecule has 6 N–H and O–H groups in total. The molecule has 10 nitrogen and oxygen atoms in total. The normalized spacial score (nSPS) is 15.1. The van der Waals surface area contributed by atoms with Crippen LogP contribution in [0.2, 0.25) is 0 Å². The quantitative estimate of drug-likeness (QED) is 0.510. The van der Waals surface area contributed by atoms with Crippen LogP contribution in [0.3, 0.4) is 0 Å². The van der Waals surface area contributed by atoms with Crippen LogP contribution in [-0.2, 0) is 25.5 Å². The van der Waals surface area contributed by atoms with Crippen molar-refractivity contribution in [1.29, 1.82) is 0 Å². The van der Waals surface area contributed by atoms with Crippen LogP contribution in [-0.4, -0.2) is 65.0 Å². The summed E-state index contributed by atoms with van der Waals surface area (Å²) in [6.45, 7) is 0.443. The van der Waals surface area contributed by atoms with Crippen molar-refractivity contribution in [3.63, 3.8) is 0 Å². The number of H-pyrrole nitrogens is 1. The van der Waals surface area contributed by atoms with Gasteiger partial charge in [-0.05, 0) is 30.2 Å². The van der Waals surface area contributed by atoms with Crippen molar-refractivity contribution in [2.75, 3.05) is 20.3 Å². The van der Waals surface area contributed by atoms with Crippen molar-refractivity contribution in [3.8, 4) is 5.75 Å². The molecule has 0 aliphatic carbocycles. The Balaban J connectivity index is 0.000000489. The van der Waals surface area contributed by atoms with E-state index in [1.54, 1.807) is 6.07 Å². The molecule has 2 heterocycles. The van der Waals surface area contributed by atoms with E-state index in [2.05, 4.69) is 15.0 Å². The minimum Gasteiger partial charge on any atom is -0.482 e. The van der Waals surface area contributed by atoms with E-state index in [1.807, 2.05) is 12.1 Å². The highest BCUT2D eigenvalue weighted by molar-refractivity contribution is 5.89. The lowest BCUT2D eigenvalue weighted by Crippen LogP contribution is -2.34. The van der Waals surface area contributed by atoms with Crippen LogP contribution >= 0.6 is 0 Å². The second-order valence-electron chi connectivity index (χ2n) is 5.87. The second kappa shape index (κ2) is 9.93. The topological polar surface area (TPSA) is 169 Å². The Morgan fingerprint density at radius 2 is 1.87 bits per heavy atom. The highest BCUT2D eigenvalue weighted by atomic mass is 19.4. The van der Waals surface area contributed by atoms with E-state index in [4.69, 9.17) is 14.6 Å². The number of carbonyl (C=O) groups excluding carboxylic acids is 1. The largest absolute Gasteiger partial charge is 0.490 e. The first-order chi connectivity index (χ1) is 13.5. The van der Waals surface area contributed by atoms with Crippen LogP contribution in [0.1, 0.15) is 17.3 Å². The maximum atomic E-state index is 11.3. The molecule has 1 unspecified atom stereocenters. The fourth-order valence-electron chi connectivity index (χ4n) is 2.71. The number of hydrogen-bond acceptors (Lipinski definition) is 6. The summed E-state index contributed by atoms with van der Waals surface area (Å²) in [5.74, 6) is -3.57. The van der Waals surface area contributed by atoms with Gasteiger partial charge in [0.05, 0.1) is 7.11 Å². The highest BCUT2D eigenvalue weighted by Crippen LogP contribution is 2.32. The number of aromatic amines is 1. The standard InChI is InChI=1S/C15H16N2O5.C2HF3O2.H2O/c1-21-12(18)7-22-8-2-3-11-10(6-8)9-4-5-16-14(15(19)20)13(9)17-11;3-2(4,5)1(6)7;/h2-3,6,14,16-17H,4-5,7H2,1H3,(H,19,20);(H,6,7);1H2. The van der Waals surface area contributed by atoms with Gasteiger partial charge in [0.25, 0.3) is 0 Å². The van der Waals surface area contributed by atoms with E-state index < -0.39 is 30.1 Å². The van der Waals surface area contributed by atoms with Gasteiger partial charge in [-0.25, -0.2) is 9.59 Å². The average Bonchev–Trinajstić information content (AvgIpc) is 3.03. The summed E-state index contributed by atoms with van der Waals surface area (Å²) in [6, 6.07) is 4.64. The molecular formula is C17H19F3N2O8. The lowest BCUT2D eigenvalue weighted by molar-refractivity contribution is -0.192. The molecule has 1 aromatic carbocycles. The van der Waals surface area contributed by atoms with Gasteiger partial charge in [0.2, 0.25) is 0 Å². The van der Waals surface area contributed by atoms with Gasteiger partial charge in [-0.3, -0.25) is 10.1 Å². The van der Waals surface area contributed by atoms with Crippen LogP contribution in [0.15, 0.2) is 18.2 Å². The molecule has 2 aromatic rings. The van der Waals surface area contributed by atoms with Crippen molar-refractivity contribution in [2.45, 2.75) is 18.6 Å². The number of aromatic nitrogens is 1. The zero-order valence-electron chi connectivity index (χ0n) is 15.5. The smallest absolute Gasteiger partial charge is 0.482 e. The zero-order chi connectivity index (χ0) is 21.8. The summed E-state index contributed by atoms with van der Waals surface area (Å²) in [5, 5.41) is 20.3. The Bertz CT molecular complexity index is 926. The van der Waals surface area contributed by atoms with Crippen molar-refractivity contribution in [2.24, 2.45) is 0 Å². The minimum absolute atomic E-state index is 0. The Morgan fingerprint density at radius 3 is 2.40 bits per heavy atom. The molecule has 0 fully saturated rings. The number of carboxylic acids is 2. The molecule has 13 heteroatoms. The summed E-state index contributed by atoms with van der Waals surface area (Å²) in [5.41, 5.74) is 2.51. The van der Waals surface area contributed by atoms with E-state index in [1.165, 1.54) is 7.11 Å². The molecule has 1 aliphatic rings. The molecule has 166 valence electrons. The third-order valence-electron chi connectivity index (χ3n) is 4.00. The van der Waals surface area contributed by atoms with Gasteiger partial charge in [-0.1, -0.05) is 0 Å². The molecule has 0 saturated carbocycles. The number of esters is 1. The summed E-state index contributed by atoms with van der Waals surface area (Å²) >= 11 is 0. The van der Waals surface area contributed by atoms with Crippen molar-refractivity contribution < 1.29 is 52.7 Å². The third-order valence-corrected chi connectivity index (χ3v) is 4.00. The minimum atomic E-state index is -5.08. The van der Waals surface area contributed by atoms with E-state index in [-0.39, 0.29) is 12.1 Å². The van der Waals surface area contributed by atoms with Crippen molar-refractivity contribution in [3.05, 3.63) is 29.5 Å². The number of hydrogen-bond donors (Lipinski definition) is 4. The molecular weight excluding hydrogens is 417 g/mol. The number of aliphatic carboxylic acids is 2. The highest BCUT2D eigenvalue weighted by Gasteiger charge is 2.38. The molecule has 0 amide bonds. The number of ether oxygens (including phenoxy) is 2. The molecule has 30 heavy (non-hydrogen) atoms. The molecule has 0 spiro atoms. The monoisotopic (exact) mass is 436 g/mol. The summed E-state index contributed by atoms with van der Waals surface area (Å²) < 4.78 is 41.6. The fourth-order valence-corrected chi connectivity index (χ4v) is 2.71. The SMILES string of the molecule is COC(=O)COc1ccc2[nH]c3c(c2c1)CCNC3C(=O)O.O.O=C(O)C(F)(F)F. The number of benzene rings is 1. The van der Waals surface area contributed by atoms with Gasteiger partial charge in [0.15, 0.2) is 6.61 Å². The van der Waals surface area contributed by atoms with Gasteiger partial charge >= 0.3 is 24.1 Å². The number of fused-ring (bicyclic) bond motifs is 3. The summed E-state index contributed by atoms with van der Waals surface area (Å²) in [4.78, 5) is 34.5. The fraction of sp³-hybridized carbons (Fsp3) is 0.353. The molecule has 0 bridgehead atoms. The van der Waals surface area contributed by atoms with E-state index in [0.29, 0.717) is 18.0 Å². The van der Waals surface area contributed by atoms with Crippen LogP contribution < -0.4 is 10.1 Å². The van der Waals surface area contributed by atoms with Crippen molar-refractivity contribution in [1.82, 2.24) is 10.3 Å². The first-order valence-electron chi connectivity index (χ1n) is 8.15. The predicted molar refractivity (Wildman–Crippen MR) is 95.2 cm³/mol. The Kier molecular flexibility index (Phi) is 8.19. The molecule has 1 aromatic heterocycles. The lowest BCUT2D eigenvalue weighted by Gasteiger charge is -2.20. The number of halogens is 3. The van der Waals surface area contributed by atoms with E-state index in [0.717, 1.165) is 22.9 Å². The van der Waals surface area contributed by atoms with Crippen LogP contribution in [0, 0.1) is 0 Å². The third kappa shape index (κ3) is 5.84. The maximum absolute atomic E-state index is 11.3. The lowest BCUT2D eigenvalue weighted by atomic mass is 9.99. The first kappa shape index (κ1) is 24.7. The van der Waals surface area contributed by atoms with E-state index >= 15 is 0 Å². The summed E-state index contributed by atoms with van der Waals surface area (Å²) in [6.07, 6.45) is -4.35. The van der Waals surface area contributed by atoms with Gasteiger partial charge in [-0.15, -0.1) is 0 Å². The molecule has 1 atom stereocenters.